The van der Waals surface area contributed by atoms with E-state index in [4.69, 9.17) is 4.74 Å². The summed E-state index contributed by atoms with van der Waals surface area (Å²) in [4.78, 5) is 2.40. The molecule has 1 fully saturated rings. The zero-order chi connectivity index (χ0) is 12.3. The first kappa shape index (κ1) is 12.4. The number of aliphatic hydroxyl groups is 1. The van der Waals surface area contributed by atoms with Gasteiger partial charge < -0.3 is 14.7 Å². The van der Waals surface area contributed by atoms with Gasteiger partial charge in [-0.2, -0.15) is 0 Å². The van der Waals surface area contributed by atoms with E-state index >= 15 is 0 Å². The molecule has 2 rings (SSSR count). The summed E-state index contributed by atoms with van der Waals surface area (Å²) in [5, 5.41) is 9.49. The third-order valence-corrected chi connectivity index (χ3v) is 3.41. The molecular formula is C14H21NO2. The Morgan fingerprint density at radius 2 is 2.12 bits per heavy atom. The van der Waals surface area contributed by atoms with Crippen molar-refractivity contribution in [2.75, 3.05) is 24.7 Å². The Kier molecular flexibility index (Phi) is 4.02. The number of aliphatic hydroxyl groups excluding tert-OH is 1. The predicted octanol–water partition coefficient (Wildman–Crippen LogP) is 2.36. The van der Waals surface area contributed by atoms with E-state index in [2.05, 4.69) is 24.0 Å². The summed E-state index contributed by atoms with van der Waals surface area (Å²) in [7, 11) is 0. The Morgan fingerprint density at radius 1 is 1.41 bits per heavy atom. The van der Waals surface area contributed by atoms with Crippen LogP contribution in [-0.4, -0.2) is 30.9 Å². The van der Waals surface area contributed by atoms with Gasteiger partial charge in [0.1, 0.15) is 0 Å². The molecule has 1 N–H and O–H groups in total. The molecule has 0 spiro atoms. The molecule has 0 saturated carbocycles. The van der Waals surface area contributed by atoms with Crippen LogP contribution in [0.25, 0.3) is 0 Å². The lowest BCUT2D eigenvalue weighted by Gasteiger charge is -2.37. The van der Waals surface area contributed by atoms with Crippen LogP contribution in [0.5, 0.6) is 0 Å². The van der Waals surface area contributed by atoms with Crippen molar-refractivity contribution in [1.82, 2.24) is 0 Å². The van der Waals surface area contributed by atoms with Crippen molar-refractivity contribution in [2.24, 2.45) is 0 Å². The number of nitrogens with zero attached hydrogens (tertiary/aromatic N) is 1. The van der Waals surface area contributed by atoms with Gasteiger partial charge in [0.2, 0.25) is 0 Å². The number of hydrogen-bond acceptors (Lipinski definition) is 3. The summed E-state index contributed by atoms with van der Waals surface area (Å²) < 4.78 is 5.50. The maximum Gasteiger partial charge on any atom is 0.0761 e. The molecule has 2 atom stereocenters. The molecule has 0 radical (unpaired) electrons. The second-order valence-corrected chi connectivity index (χ2v) is 4.60. The van der Waals surface area contributed by atoms with E-state index in [1.165, 1.54) is 5.69 Å². The highest BCUT2D eigenvalue weighted by Crippen LogP contribution is 2.23. The van der Waals surface area contributed by atoms with Crippen LogP contribution >= 0.6 is 0 Å². The smallest absolute Gasteiger partial charge is 0.0761 e. The minimum atomic E-state index is -0.393. The Labute approximate surface area is 103 Å². The van der Waals surface area contributed by atoms with Crippen molar-refractivity contribution in [1.29, 1.82) is 0 Å². The molecule has 3 nitrogen and oxygen atoms in total. The fourth-order valence-electron chi connectivity index (χ4n) is 2.28. The van der Waals surface area contributed by atoms with Gasteiger partial charge in [-0.05, 0) is 31.0 Å². The quantitative estimate of drug-likeness (QED) is 0.873. The SMILES string of the molecule is CCC1COCCN1c1ccc(C(C)O)cc1. The van der Waals surface area contributed by atoms with Crippen molar-refractivity contribution < 1.29 is 9.84 Å². The molecule has 2 unspecified atom stereocenters. The maximum atomic E-state index is 9.49. The van der Waals surface area contributed by atoms with Gasteiger partial charge in [0, 0.05) is 12.2 Å². The topological polar surface area (TPSA) is 32.7 Å². The Balaban J connectivity index is 2.15. The van der Waals surface area contributed by atoms with Crippen molar-refractivity contribution in [3.8, 4) is 0 Å². The van der Waals surface area contributed by atoms with Crippen LogP contribution < -0.4 is 4.90 Å². The number of rotatable bonds is 3. The highest BCUT2D eigenvalue weighted by atomic mass is 16.5. The zero-order valence-electron chi connectivity index (χ0n) is 10.6. The van der Waals surface area contributed by atoms with Crippen LogP contribution in [0.4, 0.5) is 5.69 Å². The molecule has 3 heteroatoms. The molecule has 0 amide bonds. The van der Waals surface area contributed by atoms with Gasteiger partial charge >= 0.3 is 0 Å². The fourth-order valence-corrected chi connectivity index (χ4v) is 2.28. The van der Waals surface area contributed by atoms with Gasteiger partial charge in [-0.1, -0.05) is 19.1 Å². The van der Waals surface area contributed by atoms with E-state index in [1.807, 2.05) is 12.1 Å². The van der Waals surface area contributed by atoms with Crippen LogP contribution in [0.1, 0.15) is 31.9 Å². The summed E-state index contributed by atoms with van der Waals surface area (Å²) in [6.45, 7) is 6.55. The highest BCUT2D eigenvalue weighted by molar-refractivity contribution is 5.49. The Bertz CT molecular complexity index is 348. The summed E-state index contributed by atoms with van der Waals surface area (Å²) in [5.74, 6) is 0. The van der Waals surface area contributed by atoms with Gasteiger partial charge in [-0.15, -0.1) is 0 Å². The van der Waals surface area contributed by atoms with Crippen molar-refractivity contribution in [2.45, 2.75) is 32.4 Å². The molecule has 1 saturated heterocycles. The molecule has 0 aliphatic carbocycles. The minimum absolute atomic E-state index is 0.393. The zero-order valence-corrected chi connectivity index (χ0v) is 10.6. The van der Waals surface area contributed by atoms with Crippen LogP contribution in [0.3, 0.4) is 0 Å². The van der Waals surface area contributed by atoms with Crippen molar-refractivity contribution in [3.63, 3.8) is 0 Å². The first-order valence-corrected chi connectivity index (χ1v) is 6.34. The van der Waals surface area contributed by atoms with E-state index in [0.29, 0.717) is 6.04 Å². The molecule has 1 aliphatic heterocycles. The standard InChI is InChI=1S/C14H21NO2/c1-3-13-10-17-9-8-15(13)14-6-4-12(5-7-14)11(2)16/h4-7,11,13,16H,3,8-10H2,1-2H3. The van der Waals surface area contributed by atoms with E-state index < -0.39 is 6.10 Å². The second-order valence-electron chi connectivity index (χ2n) is 4.60. The molecule has 17 heavy (non-hydrogen) atoms. The van der Waals surface area contributed by atoms with Crippen molar-refractivity contribution in [3.05, 3.63) is 29.8 Å². The summed E-state index contributed by atoms with van der Waals surface area (Å²) in [6, 6.07) is 8.66. The van der Waals surface area contributed by atoms with E-state index in [9.17, 15) is 5.11 Å². The first-order valence-electron chi connectivity index (χ1n) is 6.34. The molecule has 1 aliphatic rings. The number of ether oxygens (including phenoxy) is 1. The maximum absolute atomic E-state index is 9.49. The number of hydrogen-bond donors (Lipinski definition) is 1. The monoisotopic (exact) mass is 235 g/mol. The lowest BCUT2D eigenvalue weighted by atomic mass is 10.1. The summed E-state index contributed by atoms with van der Waals surface area (Å²) in [6.07, 6.45) is 0.703. The lowest BCUT2D eigenvalue weighted by Crippen LogP contribution is -2.45. The van der Waals surface area contributed by atoms with E-state index in [-0.39, 0.29) is 0 Å². The van der Waals surface area contributed by atoms with Crippen LogP contribution in [0.2, 0.25) is 0 Å². The number of benzene rings is 1. The minimum Gasteiger partial charge on any atom is -0.389 e. The Morgan fingerprint density at radius 3 is 2.71 bits per heavy atom. The number of anilines is 1. The Hall–Kier alpha value is -1.06. The van der Waals surface area contributed by atoms with Gasteiger partial charge in [0.15, 0.2) is 0 Å². The van der Waals surface area contributed by atoms with E-state index in [0.717, 1.165) is 31.7 Å². The molecule has 1 heterocycles. The van der Waals surface area contributed by atoms with Crippen LogP contribution in [0.15, 0.2) is 24.3 Å². The normalized spacial score (nSPS) is 22.5. The van der Waals surface area contributed by atoms with Gasteiger partial charge in [0.25, 0.3) is 0 Å². The van der Waals surface area contributed by atoms with Crippen LogP contribution in [-0.2, 0) is 4.74 Å². The average Bonchev–Trinajstić information content (AvgIpc) is 2.39. The molecule has 94 valence electrons. The molecule has 0 aromatic heterocycles. The summed E-state index contributed by atoms with van der Waals surface area (Å²) in [5.41, 5.74) is 2.19. The molecule has 1 aromatic carbocycles. The third-order valence-electron chi connectivity index (χ3n) is 3.41. The second kappa shape index (κ2) is 5.52. The van der Waals surface area contributed by atoms with Gasteiger partial charge in [0.05, 0.1) is 25.4 Å². The number of morpholine rings is 1. The fraction of sp³-hybridized carbons (Fsp3) is 0.571. The first-order chi connectivity index (χ1) is 8.22. The van der Waals surface area contributed by atoms with E-state index in [1.54, 1.807) is 6.92 Å². The van der Waals surface area contributed by atoms with Crippen LogP contribution in [0, 0.1) is 0 Å². The molecular weight excluding hydrogens is 214 g/mol. The molecule has 0 bridgehead atoms. The van der Waals surface area contributed by atoms with Crippen molar-refractivity contribution >= 4 is 5.69 Å². The molecule has 1 aromatic rings. The average molecular weight is 235 g/mol. The largest absolute Gasteiger partial charge is 0.389 e. The predicted molar refractivity (Wildman–Crippen MR) is 69.3 cm³/mol. The summed E-state index contributed by atoms with van der Waals surface area (Å²) >= 11 is 0. The van der Waals surface area contributed by atoms with Gasteiger partial charge in [-0.25, -0.2) is 0 Å². The van der Waals surface area contributed by atoms with Gasteiger partial charge in [-0.3, -0.25) is 0 Å². The highest BCUT2D eigenvalue weighted by Gasteiger charge is 2.21. The lowest BCUT2D eigenvalue weighted by molar-refractivity contribution is 0.0930. The third kappa shape index (κ3) is 2.79.